The van der Waals surface area contributed by atoms with Gasteiger partial charge in [-0.2, -0.15) is 0 Å². The van der Waals surface area contributed by atoms with Gasteiger partial charge in [-0.25, -0.2) is 0 Å². The Hall–Kier alpha value is -0.0300. The van der Waals surface area contributed by atoms with E-state index < -0.39 is 0 Å². The number of hydrogen-bond donors (Lipinski definition) is 2. The number of benzene rings is 1. The van der Waals surface area contributed by atoms with E-state index in [1.165, 1.54) is 0 Å². The monoisotopic (exact) mass is 310 g/mol. The van der Waals surface area contributed by atoms with Crippen molar-refractivity contribution < 1.29 is 5.11 Å². The molecule has 0 amide bonds. The van der Waals surface area contributed by atoms with E-state index in [-0.39, 0.29) is 25.1 Å². The summed E-state index contributed by atoms with van der Waals surface area (Å²) in [6, 6.07) is 5.49. The van der Waals surface area contributed by atoms with E-state index in [4.69, 9.17) is 23.2 Å². The topological polar surface area (TPSA) is 35.5 Å². The molecule has 1 aliphatic rings. The van der Waals surface area contributed by atoms with Crippen LogP contribution in [0.4, 0.5) is 0 Å². The molecule has 0 bridgehead atoms. The molecule has 0 unspecified atom stereocenters. The smallest absolute Gasteiger partial charge is 0.0641 e. The van der Waals surface area contributed by atoms with Crippen molar-refractivity contribution in [3.63, 3.8) is 0 Å². The molecule has 1 aromatic carbocycles. The fourth-order valence-corrected chi connectivity index (χ4v) is 2.62. The van der Waals surface area contributed by atoms with Crippen LogP contribution in [0.15, 0.2) is 18.2 Å². The van der Waals surface area contributed by atoms with Crippen LogP contribution in [0, 0.1) is 0 Å². The Morgan fingerprint density at radius 3 is 2.56 bits per heavy atom. The number of rotatable bonds is 3. The number of piperazine rings is 1. The summed E-state index contributed by atoms with van der Waals surface area (Å²) in [5.41, 5.74) is 0.906. The second-order valence-electron chi connectivity index (χ2n) is 4.13. The molecule has 1 heterocycles. The van der Waals surface area contributed by atoms with Crippen molar-refractivity contribution >= 4 is 35.6 Å². The summed E-state index contributed by atoms with van der Waals surface area (Å²) in [4.78, 5) is 2.23. The van der Waals surface area contributed by atoms with Crippen LogP contribution in [0.2, 0.25) is 10.0 Å². The Morgan fingerprint density at radius 1 is 1.28 bits per heavy atom. The van der Waals surface area contributed by atoms with Gasteiger partial charge in [-0.15, -0.1) is 12.4 Å². The Labute approximate surface area is 123 Å². The Balaban J connectivity index is 0.00000162. The number of nitrogens with one attached hydrogen (secondary N) is 1. The first-order valence-corrected chi connectivity index (χ1v) is 6.49. The van der Waals surface area contributed by atoms with Crippen LogP contribution in [0.1, 0.15) is 11.6 Å². The van der Waals surface area contributed by atoms with E-state index >= 15 is 0 Å². The molecule has 102 valence electrons. The molecule has 0 radical (unpaired) electrons. The number of aliphatic hydroxyl groups excluding tert-OH is 1. The van der Waals surface area contributed by atoms with Crippen molar-refractivity contribution in [1.29, 1.82) is 0 Å². The fourth-order valence-electron chi connectivity index (χ4n) is 2.18. The van der Waals surface area contributed by atoms with Gasteiger partial charge in [0.25, 0.3) is 0 Å². The highest BCUT2D eigenvalue weighted by Crippen LogP contribution is 2.32. The third-order valence-corrected chi connectivity index (χ3v) is 3.94. The lowest BCUT2D eigenvalue weighted by molar-refractivity contribution is 0.111. The van der Waals surface area contributed by atoms with Crippen molar-refractivity contribution in [2.75, 3.05) is 32.8 Å². The Kier molecular flexibility index (Phi) is 6.71. The lowest BCUT2D eigenvalue weighted by atomic mass is 10.1. The molecule has 0 spiro atoms. The highest BCUT2D eigenvalue weighted by atomic mass is 35.5. The van der Waals surface area contributed by atoms with Crippen molar-refractivity contribution in [2.45, 2.75) is 6.04 Å². The largest absolute Gasteiger partial charge is 0.394 e. The van der Waals surface area contributed by atoms with E-state index in [2.05, 4.69) is 10.2 Å². The molecule has 1 aromatic rings. The maximum atomic E-state index is 9.58. The summed E-state index contributed by atoms with van der Waals surface area (Å²) in [6.07, 6.45) is 0. The SMILES string of the molecule is Cl.OC[C@@H](c1cccc(Cl)c1Cl)N1CCNCC1. The third-order valence-electron chi connectivity index (χ3n) is 3.11. The maximum absolute atomic E-state index is 9.58. The summed E-state index contributed by atoms with van der Waals surface area (Å²) in [7, 11) is 0. The molecule has 1 aliphatic heterocycles. The quantitative estimate of drug-likeness (QED) is 0.899. The van der Waals surface area contributed by atoms with Gasteiger partial charge in [0.1, 0.15) is 0 Å². The third kappa shape index (κ3) is 3.50. The van der Waals surface area contributed by atoms with E-state index in [0.29, 0.717) is 10.0 Å². The first-order valence-electron chi connectivity index (χ1n) is 5.73. The molecule has 1 fully saturated rings. The molecule has 1 atom stereocenters. The van der Waals surface area contributed by atoms with Crippen molar-refractivity contribution in [2.24, 2.45) is 0 Å². The first-order chi connectivity index (χ1) is 8.24. The molecule has 0 aliphatic carbocycles. The fraction of sp³-hybridized carbons (Fsp3) is 0.500. The highest BCUT2D eigenvalue weighted by molar-refractivity contribution is 6.42. The van der Waals surface area contributed by atoms with Crippen molar-refractivity contribution in [3.05, 3.63) is 33.8 Å². The molecule has 0 aromatic heterocycles. The standard InChI is InChI=1S/C12H16Cl2N2O.ClH/c13-10-3-1-2-9(12(10)14)11(8-17)16-6-4-15-5-7-16;/h1-3,11,15,17H,4-8H2;1H/t11-;/m0./s1. The number of hydrogen-bond acceptors (Lipinski definition) is 3. The zero-order chi connectivity index (χ0) is 12.3. The highest BCUT2D eigenvalue weighted by Gasteiger charge is 2.23. The summed E-state index contributed by atoms with van der Waals surface area (Å²) in [6.45, 7) is 3.76. The Bertz CT molecular complexity index is 384. The lowest BCUT2D eigenvalue weighted by Gasteiger charge is -2.34. The predicted molar refractivity (Wildman–Crippen MR) is 78.0 cm³/mol. The molecule has 2 N–H and O–H groups in total. The zero-order valence-electron chi connectivity index (χ0n) is 9.90. The van der Waals surface area contributed by atoms with Crippen molar-refractivity contribution in [1.82, 2.24) is 10.2 Å². The molecule has 0 saturated carbocycles. The predicted octanol–water partition coefficient (Wildman–Crippen LogP) is 2.35. The van der Waals surface area contributed by atoms with E-state index in [9.17, 15) is 5.11 Å². The van der Waals surface area contributed by atoms with E-state index in [0.717, 1.165) is 31.7 Å². The number of aliphatic hydroxyl groups is 1. The van der Waals surface area contributed by atoms with Crippen LogP contribution in [-0.4, -0.2) is 42.8 Å². The second kappa shape index (κ2) is 7.53. The second-order valence-corrected chi connectivity index (χ2v) is 4.91. The first kappa shape index (κ1) is 16.0. The van der Waals surface area contributed by atoms with Gasteiger partial charge in [0.2, 0.25) is 0 Å². The van der Waals surface area contributed by atoms with Gasteiger partial charge >= 0.3 is 0 Å². The molecule has 18 heavy (non-hydrogen) atoms. The molecular formula is C12H17Cl3N2O. The minimum atomic E-state index is -0.0664. The van der Waals surface area contributed by atoms with Gasteiger partial charge < -0.3 is 10.4 Å². The molecule has 6 heteroatoms. The molecular weight excluding hydrogens is 295 g/mol. The summed E-state index contributed by atoms with van der Waals surface area (Å²) in [5, 5.41) is 14.0. The number of halogens is 3. The van der Waals surface area contributed by atoms with Gasteiger partial charge in [0, 0.05) is 26.2 Å². The summed E-state index contributed by atoms with van der Waals surface area (Å²) >= 11 is 12.2. The van der Waals surface area contributed by atoms with Crippen LogP contribution < -0.4 is 5.32 Å². The van der Waals surface area contributed by atoms with Gasteiger partial charge in [-0.1, -0.05) is 35.3 Å². The summed E-state index contributed by atoms with van der Waals surface area (Å²) in [5.74, 6) is 0. The molecule has 1 saturated heterocycles. The number of nitrogens with zero attached hydrogens (tertiary/aromatic N) is 1. The van der Waals surface area contributed by atoms with Crippen LogP contribution >= 0.6 is 35.6 Å². The van der Waals surface area contributed by atoms with Gasteiger partial charge in [-0.05, 0) is 11.6 Å². The van der Waals surface area contributed by atoms with Crippen LogP contribution in [0.25, 0.3) is 0 Å². The van der Waals surface area contributed by atoms with Gasteiger partial charge in [0.05, 0.1) is 22.7 Å². The van der Waals surface area contributed by atoms with Crippen LogP contribution in [0.5, 0.6) is 0 Å². The zero-order valence-corrected chi connectivity index (χ0v) is 12.2. The van der Waals surface area contributed by atoms with Gasteiger partial charge in [0.15, 0.2) is 0 Å². The van der Waals surface area contributed by atoms with Crippen LogP contribution in [-0.2, 0) is 0 Å². The van der Waals surface area contributed by atoms with Crippen LogP contribution in [0.3, 0.4) is 0 Å². The minimum absolute atomic E-state index is 0. The minimum Gasteiger partial charge on any atom is -0.394 e. The van der Waals surface area contributed by atoms with E-state index in [1.54, 1.807) is 6.07 Å². The maximum Gasteiger partial charge on any atom is 0.0641 e. The van der Waals surface area contributed by atoms with E-state index in [1.807, 2.05) is 12.1 Å². The van der Waals surface area contributed by atoms with Crippen molar-refractivity contribution in [3.8, 4) is 0 Å². The Morgan fingerprint density at radius 2 is 1.94 bits per heavy atom. The molecule has 2 rings (SSSR count). The normalized spacial score (nSPS) is 18.2. The average Bonchev–Trinajstić information content (AvgIpc) is 2.37. The lowest BCUT2D eigenvalue weighted by Crippen LogP contribution is -2.46. The van der Waals surface area contributed by atoms with Gasteiger partial charge in [-0.3, -0.25) is 4.90 Å². The molecule has 3 nitrogen and oxygen atoms in total. The summed E-state index contributed by atoms with van der Waals surface area (Å²) < 4.78 is 0. The average molecular weight is 312 g/mol.